The van der Waals surface area contributed by atoms with E-state index in [1.807, 2.05) is 87.5 Å². The van der Waals surface area contributed by atoms with Gasteiger partial charge in [0, 0.05) is 39.7 Å². The lowest BCUT2D eigenvalue weighted by atomic mass is 10.1. The monoisotopic (exact) mass is 457 g/mol. The molecule has 0 radical (unpaired) electrons. The molecular formula is C30H23N3O2. The average Bonchev–Trinajstić information content (AvgIpc) is 3.21. The first-order chi connectivity index (χ1) is 17.0. The lowest BCUT2D eigenvalue weighted by Crippen LogP contribution is -1.96. The Balaban J connectivity index is 1.42. The number of nitrogens with zero attached hydrogens (tertiary/aromatic N) is 3. The average molecular weight is 458 g/mol. The Hall–Kier alpha value is -4.51. The maximum Gasteiger partial charge on any atom is 0.227 e. The van der Waals surface area contributed by atoms with Crippen LogP contribution in [-0.2, 0) is 0 Å². The fraction of sp³-hybridized carbons (Fsp3) is 0.100. The minimum Gasteiger partial charge on any atom is -0.437 e. The summed E-state index contributed by atoms with van der Waals surface area (Å²) in [5, 5.41) is 2.01. The summed E-state index contributed by atoms with van der Waals surface area (Å²) >= 11 is 0. The second-order valence-corrected chi connectivity index (χ2v) is 8.79. The van der Waals surface area contributed by atoms with E-state index in [9.17, 15) is 0 Å². The largest absolute Gasteiger partial charge is 0.437 e. The molecule has 0 spiro atoms. The number of rotatable bonds is 4. The van der Waals surface area contributed by atoms with Crippen LogP contribution in [0.5, 0.6) is 11.8 Å². The van der Waals surface area contributed by atoms with Crippen molar-refractivity contribution in [2.45, 2.75) is 20.8 Å². The molecule has 0 fully saturated rings. The minimum atomic E-state index is 0.485. The summed E-state index contributed by atoms with van der Waals surface area (Å²) in [6.07, 6.45) is 0. The lowest BCUT2D eigenvalue weighted by molar-refractivity contribution is 0.445. The molecule has 35 heavy (non-hydrogen) atoms. The Morgan fingerprint density at radius 3 is 2.11 bits per heavy atom. The van der Waals surface area contributed by atoms with Gasteiger partial charge in [0.05, 0.1) is 11.4 Å². The van der Waals surface area contributed by atoms with Crippen LogP contribution in [0.3, 0.4) is 0 Å². The molecule has 0 N–H and O–H groups in total. The number of hydrogen-bond donors (Lipinski definition) is 0. The molecule has 6 rings (SSSR count). The summed E-state index contributed by atoms with van der Waals surface area (Å²) in [7, 11) is 0. The number of para-hydroxylation sites is 1. The van der Waals surface area contributed by atoms with Gasteiger partial charge in [-0.15, -0.1) is 0 Å². The molecule has 0 unspecified atom stereocenters. The van der Waals surface area contributed by atoms with Crippen LogP contribution < -0.4 is 4.74 Å². The second kappa shape index (κ2) is 8.37. The van der Waals surface area contributed by atoms with Crippen molar-refractivity contribution in [3.05, 3.63) is 102 Å². The summed E-state index contributed by atoms with van der Waals surface area (Å²) in [6, 6.07) is 28.1. The van der Waals surface area contributed by atoms with Crippen molar-refractivity contribution in [3.8, 4) is 34.3 Å². The van der Waals surface area contributed by atoms with Gasteiger partial charge in [-0.2, -0.15) is 0 Å². The van der Waals surface area contributed by atoms with Gasteiger partial charge in [0.1, 0.15) is 5.58 Å². The van der Waals surface area contributed by atoms with Gasteiger partial charge in [0.2, 0.25) is 17.5 Å². The van der Waals surface area contributed by atoms with Crippen molar-refractivity contribution in [2.24, 2.45) is 0 Å². The van der Waals surface area contributed by atoms with E-state index >= 15 is 0 Å². The van der Waals surface area contributed by atoms with Crippen LogP contribution in [0.4, 0.5) is 0 Å². The number of aryl methyl sites for hydroxylation is 3. The van der Waals surface area contributed by atoms with Gasteiger partial charge in [-0.1, -0.05) is 42.5 Å². The number of furan rings is 1. The van der Waals surface area contributed by atoms with Crippen LogP contribution in [0.2, 0.25) is 0 Å². The molecule has 0 saturated carbocycles. The zero-order valence-electron chi connectivity index (χ0n) is 19.7. The van der Waals surface area contributed by atoms with Crippen molar-refractivity contribution >= 4 is 22.1 Å². The Bertz CT molecular complexity index is 1700. The number of pyridine rings is 3. The van der Waals surface area contributed by atoms with E-state index < -0.39 is 0 Å². The molecule has 0 saturated heterocycles. The van der Waals surface area contributed by atoms with Gasteiger partial charge in [-0.25, -0.2) is 15.0 Å². The molecule has 0 bridgehead atoms. The Labute approximate surface area is 203 Å². The highest BCUT2D eigenvalue weighted by molar-refractivity contribution is 6.08. The lowest BCUT2D eigenvalue weighted by Gasteiger charge is -2.10. The molecule has 0 amide bonds. The maximum atomic E-state index is 6.19. The molecule has 4 heterocycles. The van der Waals surface area contributed by atoms with Crippen molar-refractivity contribution in [1.82, 2.24) is 15.0 Å². The van der Waals surface area contributed by atoms with Gasteiger partial charge >= 0.3 is 0 Å². The normalized spacial score (nSPS) is 11.3. The van der Waals surface area contributed by atoms with E-state index in [2.05, 4.69) is 23.2 Å². The highest BCUT2D eigenvalue weighted by Gasteiger charge is 2.15. The first kappa shape index (κ1) is 21.1. The van der Waals surface area contributed by atoms with Crippen LogP contribution >= 0.6 is 0 Å². The van der Waals surface area contributed by atoms with Crippen LogP contribution in [-0.4, -0.2) is 15.0 Å². The van der Waals surface area contributed by atoms with E-state index in [-0.39, 0.29) is 0 Å². The van der Waals surface area contributed by atoms with Crippen molar-refractivity contribution in [3.63, 3.8) is 0 Å². The van der Waals surface area contributed by atoms with Gasteiger partial charge in [-0.3, -0.25) is 0 Å². The fourth-order valence-corrected chi connectivity index (χ4v) is 4.35. The van der Waals surface area contributed by atoms with Gasteiger partial charge in [0.25, 0.3) is 0 Å². The third-order valence-electron chi connectivity index (χ3n) is 5.95. The van der Waals surface area contributed by atoms with Crippen LogP contribution in [0.1, 0.15) is 16.8 Å². The molecule has 0 aliphatic heterocycles. The topological polar surface area (TPSA) is 61.0 Å². The molecule has 5 nitrogen and oxygen atoms in total. The van der Waals surface area contributed by atoms with E-state index in [1.165, 1.54) is 0 Å². The SMILES string of the molecule is Cc1cc(Oc2cc(C)cc(-c3cccc4c3oc3nc(C)ccc34)n2)nc(-c2ccccc2)c1. The van der Waals surface area contributed by atoms with Crippen molar-refractivity contribution < 1.29 is 9.15 Å². The Morgan fingerprint density at radius 1 is 0.629 bits per heavy atom. The van der Waals surface area contributed by atoms with E-state index in [4.69, 9.17) is 19.1 Å². The first-order valence-electron chi connectivity index (χ1n) is 11.5. The third kappa shape index (κ3) is 4.02. The van der Waals surface area contributed by atoms with E-state index in [0.29, 0.717) is 17.5 Å². The standard InChI is InChI=1S/C30H23N3O2/c1-18-14-25(21-8-5-4-6-9-21)32-27(16-18)34-28-17-19(2)15-26(33-28)24-11-7-10-22-23-13-12-20(3)31-30(23)35-29(22)24/h4-17H,1-3H3. The molecule has 0 aliphatic carbocycles. The molecule has 5 heteroatoms. The number of aromatic nitrogens is 3. The summed E-state index contributed by atoms with van der Waals surface area (Å²) in [4.78, 5) is 14.1. The summed E-state index contributed by atoms with van der Waals surface area (Å²) < 4.78 is 12.4. The zero-order valence-corrected chi connectivity index (χ0v) is 19.7. The molecule has 0 aliphatic rings. The van der Waals surface area contributed by atoms with Crippen molar-refractivity contribution in [2.75, 3.05) is 0 Å². The predicted octanol–water partition coefficient (Wildman–Crippen LogP) is 7.82. The number of fused-ring (bicyclic) bond motifs is 3. The molecule has 2 aromatic carbocycles. The van der Waals surface area contributed by atoms with E-state index in [0.717, 1.165) is 55.7 Å². The highest BCUT2D eigenvalue weighted by atomic mass is 16.5. The Kier molecular flexibility index (Phi) is 5.03. The number of hydrogen-bond acceptors (Lipinski definition) is 5. The second-order valence-electron chi connectivity index (χ2n) is 8.79. The quantitative estimate of drug-likeness (QED) is 0.270. The summed E-state index contributed by atoms with van der Waals surface area (Å²) in [5.74, 6) is 0.994. The molecule has 4 aromatic heterocycles. The minimum absolute atomic E-state index is 0.485. The smallest absolute Gasteiger partial charge is 0.227 e. The van der Waals surface area contributed by atoms with Crippen LogP contribution in [0.15, 0.2) is 89.3 Å². The number of ether oxygens (including phenoxy) is 1. The summed E-state index contributed by atoms with van der Waals surface area (Å²) in [6.45, 7) is 6.02. The van der Waals surface area contributed by atoms with Gasteiger partial charge < -0.3 is 9.15 Å². The summed E-state index contributed by atoms with van der Waals surface area (Å²) in [5.41, 5.74) is 8.00. The molecule has 6 aromatic rings. The predicted molar refractivity (Wildman–Crippen MR) is 139 cm³/mol. The van der Waals surface area contributed by atoms with E-state index in [1.54, 1.807) is 0 Å². The number of benzene rings is 2. The fourth-order valence-electron chi connectivity index (χ4n) is 4.35. The maximum absolute atomic E-state index is 6.19. The van der Waals surface area contributed by atoms with Crippen LogP contribution in [0, 0.1) is 20.8 Å². The Morgan fingerprint density at radius 2 is 1.34 bits per heavy atom. The highest BCUT2D eigenvalue weighted by Crippen LogP contribution is 2.36. The van der Waals surface area contributed by atoms with Gasteiger partial charge in [-0.05, 0) is 62.2 Å². The first-order valence-corrected chi connectivity index (χ1v) is 11.5. The van der Waals surface area contributed by atoms with Gasteiger partial charge in [0.15, 0.2) is 0 Å². The molecular weight excluding hydrogens is 434 g/mol. The zero-order chi connectivity index (χ0) is 23.9. The van der Waals surface area contributed by atoms with Crippen LogP contribution in [0.25, 0.3) is 44.6 Å². The molecule has 0 atom stereocenters. The molecule has 170 valence electrons. The van der Waals surface area contributed by atoms with Crippen molar-refractivity contribution in [1.29, 1.82) is 0 Å². The third-order valence-corrected chi connectivity index (χ3v) is 5.95.